The fourth-order valence-electron chi connectivity index (χ4n) is 3.08. The molecule has 0 aliphatic carbocycles. The van der Waals surface area contributed by atoms with E-state index in [1.807, 2.05) is 0 Å². The van der Waals surface area contributed by atoms with Gasteiger partial charge in [0.2, 0.25) is 5.66 Å². The number of hydrogen-bond donors (Lipinski definition) is 3. The molecule has 26 heavy (non-hydrogen) atoms. The first kappa shape index (κ1) is 18.7. The summed E-state index contributed by atoms with van der Waals surface area (Å²) >= 11 is 5.90. The molecule has 0 spiro atoms. The number of benzene rings is 2. The molecule has 0 aromatic heterocycles. The molecule has 2 aromatic carbocycles. The van der Waals surface area contributed by atoms with Gasteiger partial charge in [-0.05, 0) is 36.4 Å². The second-order valence-corrected chi connectivity index (χ2v) is 8.51. The molecule has 2 unspecified atom stereocenters. The van der Waals surface area contributed by atoms with Crippen LogP contribution < -0.4 is 10.2 Å². The second-order valence-electron chi connectivity index (χ2n) is 6.06. The molecule has 9 heteroatoms. The van der Waals surface area contributed by atoms with E-state index in [1.54, 1.807) is 24.3 Å². The van der Waals surface area contributed by atoms with Gasteiger partial charge in [0.15, 0.2) is 9.84 Å². The van der Waals surface area contributed by atoms with Gasteiger partial charge in [0.1, 0.15) is 6.23 Å². The van der Waals surface area contributed by atoms with Crippen molar-refractivity contribution < 1.29 is 23.4 Å². The van der Waals surface area contributed by atoms with Crippen LogP contribution >= 0.6 is 11.6 Å². The van der Waals surface area contributed by atoms with Crippen LogP contribution in [0.15, 0.2) is 53.4 Å². The van der Waals surface area contributed by atoms with E-state index in [9.17, 15) is 23.4 Å². The average molecular weight is 397 g/mol. The third-order valence-corrected chi connectivity index (χ3v) is 5.66. The number of sulfone groups is 1. The molecule has 1 saturated heterocycles. The monoisotopic (exact) mass is 396 g/mol. The first-order valence-corrected chi connectivity index (χ1v) is 9.94. The first-order chi connectivity index (χ1) is 12.1. The van der Waals surface area contributed by atoms with Gasteiger partial charge in [-0.25, -0.2) is 13.2 Å². The van der Waals surface area contributed by atoms with Crippen LogP contribution in [-0.2, 0) is 20.3 Å². The zero-order valence-electron chi connectivity index (χ0n) is 13.8. The summed E-state index contributed by atoms with van der Waals surface area (Å²) in [6, 6.07) is 12.1. The van der Waals surface area contributed by atoms with Crippen molar-refractivity contribution in [2.24, 2.45) is 0 Å². The van der Waals surface area contributed by atoms with E-state index in [4.69, 9.17) is 11.6 Å². The lowest BCUT2D eigenvalue weighted by molar-refractivity contribution is -0.145. The van der Waals surface area contributed by atoms with E-state index in [0.717, 1.165) is 6.26 Å². The van der Waals surface area contributed by atoms with Gasteiger partial charge in [-0.15, -0.1) is 0 Å². The van der Waals surface area contributed by atoms with Gasteiger partial charge in [-0.2, -0.15) is 0 Å². The summed E-state index contributed by atoms with van der Waals surface area (Å²) in [6.45, 7) is 0.00709. The van der Waals surface area contributed by atoms with Crippen molar-refractivity contribution in [1.29, 1.82) is 0 Å². The zero-order valence-corrected chi connectivity index (χ0v) is 15.3. The van der Waals surface area contributed by atoms with Gasteiger partial charge in [-0.1, -0.05) is 23.7 Å². The molecule has 138 valence electrons. The quantitative estimate of drug-likeness (QED) is 0.717. The highest BCUT2D eigenvalue weighted by molar-refractivity contribution is 7.90. The normalized spacial score (nSPS) is 23.2. The van der Waals surface area contributed by atoms with Crippen molar-refractivity contribution >= 4 is 33.1 Å². The molecule has 3 rings (SSSR count). The Balaban J connectivity index is 2.11. The minimum Gasteiger partial charge on any atom is -0.478 e. The highest BCUT2D eigenvalue weighted by atomic mass is 35.5. The Morgan fingerprint density at radius 2 is 1.77 bits per heavy atom. The van der Waals surface area contributed by atoms with Crippen LogP contribution in [0, 0.1) is 0 Å². The predicted molar refractivity (Wildman–Crippen MR) is 96.8 cm³/mol. The zero-order chi connectivity index (χ0) is 19.1. The van der Waals surface area contributed by atoms with Crippen LogP contribution in [0.5, 0.6) is 0 Å². The Hall–Kier alpha value is -2.13. The molecule has 0 radical (unpaired) electrons. The summed E-state index contributed by atoms with van der Waals surface area (Å²) in [5, 5.41) is 23.3. The minimum absolute atomic E-state index is 0.00709. The number of nitrogens with zero attached hydrogens (tertiary/aromatic N) is 1. The number of aliphatic carboxylic acids is 1. The molecular formula is C17H17ClN2O5S. The lowest BCUT2D eigenvalue weighted by atomic mass is 9.98. The van der Waals surface area contributed by atoms with E-state index in [0.29, 0.717) is 16.3 Å². The molecule has 1 aliphatic rings. The summed E-state index contributed by atoms with van der Waals surface area (Å²) in [7, 11) is -3.37. The van der Waals surface area contributed by atoms with Crippen molar-refractivity contribution in [1.82, 2.24) is 5.32 Å². The molecule has 2 atom stereocenters. The Labute approximate surface area is 155 Å². The van der Waals surface area contributed by atoms with Crippen molar-refractivity contribution in [3.8, 4) is 0 Å². The van der Waals surface area contributed by atoms with Crippen molar-refractivity contribution in [3.05, 3.63) is 59.1 Å². The van der Waals surface area contributed by atoms with Crippen molar-refractivity contribution in [2.75, 3.05) is 17.7 Å². The maximum Gasteiger partial charge on any atom is 0.349 e. The van der Waals surface area contributed by atoms with Gasteiger partial charge < -0.3 is 15.1 Å². The standard InChI is InChI=1S/C17H17ClN2O5S/c1-26(24,25)14-8-6-13(7-9-14)20-10-15(21)19-17(20,16(22)23)11-2-4-12(18)5-3-11/h2-9,15,19,21H,10H2,1H3,(H,22,23). The van der Waals surface area contributed by atoms with Crippen LogP contribution in [0.4, 0.5) is 5.69 Å². The van der Waals surface area contributed by atoms with Gasteiger partial charge in [-0.3, -0.25) is 5.32 Å². The molecule has 3 N–H and O–H groups in total. The first-order valence-electron chi connectivity index (χ1n) is 7.67. The Kier molecular flexibility index (Phi) is 4.70. The highest BCUT2D eigenvalue weighted by Crippen LogP contribution is 2.36. The number of halogens is 1. The second kappa shape index (κ2) is 6.55. The molecule has 0 bridgehead atoms. The van der Waals surface area contributed by atoms with Gasteiger partial charge in [0.25, 0.3) is 0 Å². The number of carboxylic acid groups (broad SMARTS) is 1. The number of aliphatic hydroxyl groups excluding tert-OH is 1. The number of carbonyl (C=O) groups is 1. The summed E-state index contributed by atoms with van der Waals surface area (Å²) in [5.74, 6) is -1.21. The number of nitrogens with one attached hydrogen (secondary N) is 1. The van der Waals surface area contributed by atoms with Gasteiger partial charge >= 0.3 is 5.97 Å². The molecule has 2 aromatic rings. The SMILES string of the molecule is CS(=O)(=O)c1ccc(N2CC(O)NC2(C(=O)O)c2ccc(Cl)cc2)cc1. The minimum atomic E-state index is -3.37. The number of carboxylic acids is 1. The van der Waals surface area contributed by atoms with Crippen LogP contribution in [0.25, 0.3) is 0 Å². The van der Waals surface area contributed by atoms with E-state index in [2.05, 4.69) is 5.32 Å². The molecule has 7 nitrogen and oxygen atoms in total. The third-order valence-electron chi connectivity index (χ3n) is 4.28. The summed E-state index contributed by atoms with van der Waals surface area (Å²) in [6.07, 6.45) is 0.00896. The number of β-amino-alcohol motifs (C(OH)–C–C–N with tert-alkyl or cyclic N) is 1. The molecular weight excluding hydrogens is 380 g/mol. The summed E-state index contributed by atoms with van der Waals surface area (Å²) < 4.78 is 23.3. The molecule has 0 amide bonds. The molecule has 1 aliphatic heterocycles. The smallest absolute Gasteiger partial charge is 0.349 e. The van der Waals surface area contributed by atoms with E-state index in [-0.39, 0.29) is 11.4 Å². The number of anilines is 1. The van der Waals surface area contributed by atoms with E-state index in [1.165, 1.54) is 29.2 Å². The Bertz CT molecular complexity index is 931. The number of hydrogen-bond acceptors (Lipinski definition) is 6. The van der Waals surface area contributed by atoms with Crippen LogP contribution in [-0.4, -0.2) is 43.6 Å². The molecule has 1 heterocycles. The lowest BCUT2D eigenvalue weighted by Crippen LogP contribution is -2.55. The number of aliphatic hydroxyl groups is 1. The highest BCUT2D eigenvalue weighted by Gasteiger charge is 2.52. The van der Waals surface area contributed by atoms with Gasteiger partial charge in [0, 0.05) is 22.5 Å². The molecule has 0 saturated carbocycles. The van der Waals surface area contributed by atoms with Crippen LogP contribution in [0.3, 0.4) is 0 Å². The Morgan fingerprint density at radius 1 is 1.19 bits per heavy atom. The van der Waals surface area contributed by atoms with Crippen LogP contribution in [0.1, 0.15) is 5.56 Å². The largest absolute Gasteiger partial charge is 0.478 e. The average Bonchev–Trinajstić information content (AvgIpc) is 2.93. The van der Waals surface area contributed by atoms with Crippen LogP contribution in [0.2, 0.25) is 5.02 Å². The summed E-state index contributed by atoms with van der Waals surface area (Å²) in [4.78, 5) is 13.8. The fourth-order valence-corrected chi connectivity index (χ4v) is 3.83. The Morgan fingerprint density at radius 3 is 2.27 bits per heavy atom. The topological polar surface area (TPSA) is 107 Å². The summed E-state index contributed by atoms with van der Waals surface area (Å²) in [5.41, 5.74) is -0.867. The lowest BCUT2D eigenvalue weighted by Gasteiger charge is -2.36. The maximum atomic E-state index is 12.2. The molecule has 1 fully saturated rings. The predicted octanol–water partition coefficient (Wildman–Crippen LogP) is 1.41. The number of rotatable bonds is 4. The van der Waals surface area contributed by atoms with Crippen molar-refractivity contribution in [2.45, 2.75) is 16.8 Å². The van der Waals surface area contributed by atoms with E-state index >= 15 is 0 Å². The van der Waals surface area contributed by atoms with Crippen molar-refractivity contribution in [3.63, 3.8) is 0 Å². The third kappa shape index (κ3) is 3.16. The van der Waals surface area contributed by atoms with Gasteiger partial charge in [0.05, 0.1) is 11.4 Å². The maximum absolute atomic E-state index is 12.2. The fraction of sp³-hybridized carbons (Fsp3) is 0.235. The van der Waals surface area contributed by atoms with E-state index < -0.39 is 27.7 Å².